The lowest BCUT2D eigenvalue weighted by molar-refractivity contribution is 0.187. The molecule has 1 saturated heterocycles. The van der Waals surface area contributed by atoms with Gasteiger partial charge in [0.15, 0.2) is 0 Å². The maximum Gasteiger partial charge on any atom is 0.150 e. The van der Waals surface area contributed by atoms with Gasteiger partial charge in [0.1, 0.15) is 16.7 Å². The number of nitrogens with two attached hydrogens (primary N) is 2. The third-order valence-corrected chi connectivity index (χ3v) is 8.03. The van der Waals surface area contributed by atoms with Crippen LogP contribution in [0.25, 0.3) is 0 Å². The first-order valence-corrected chi connectivity index (χ1v) is 11.6. The second-order valence-corrected chi connectivity index (χ2v) is 9.80. The molecule has 0 saturated carbocycles. The van der Waals surface area contributed by atoms with E-state index in [1.165, 1.54) is 11.1 Å². The average molecular weight is 433 g/mol. The topological polar surface area (TPSA) is 93.9 Å². The molecule has 1 atom stereocenters. The molecule has 7 heteroatoms. The molecule has 4 N–H and O–H groups in total. The monoisotopic (exact) mass is 432 g/mol. The zero-order valence-electron chi connectivity index (χ0n) is 18.0. The van der Waals surface area contributed by atoms with Crippen molar-refractivity contribution in [1.29, 1.82) is 0 Å². The van der Waals surface area contributed by atoms with Crippen LogP contribution in [-0.4, -0.2) is 28.0 Å². The molecule has 1 spiro atoms. The first-order chi connectivity index (χ1) is 15.0. The zero-order chi connectivity index (χ0) is 21.6. The summed E-state index contributed by atoms with van der Waals surface area (Å²) in [5.74, 6) is 1.54. The number of benzene rings is 1. The number of anilines is 2. The standard InChI is InChI=1S/C24H28N6S/c1-15-19(7-10-27-22(15)26)31-20-14-28-23(16(2)29-20)30-11-8-24(9-12-30)13-17-5-3-4-6-18(17)21(24)25/h3-7,10,14,21H,8-9,11-13,25H2,1-2H3,(H2,26,27)/t21-/m1/s1. The fourth-order valence-electron chi connectivity index (χ4n) is 5.04. The van der Waals surface area contributed by atoms with Crippen LogP contribution < -0.4 is 16.4 Å². The quantitative estimate of drug-likeness (QED) is 0.644. The van der Waals surface area contributed by atoms with Crippen molar-refractivity contribution in [2.45, 2.75) is 49.1 Å². The molecule has 5 rings (SSSR count). The van der Waals surface area contributed by atoms with E-state index >= 15 is 0 Å². The van der Waals surface area contributed by atoms with E-state index in [1.54, 1.807) is 18.0 Å². The molecule has 1 fully saturated rings. The normalized spacial score (nSPS) is 19.6. The summed E-state index contributed by atoms with van der Waals surface area (Å²) in [4.78, 5) is 17.2. The zero-order valence-corrected chi connectivity index (χ0v) is 18.8. The van der Waals surface area contributed by atoms with Crippen LogP contribution in [0, 0.1) is 19.3 Å². The Kier molecular flexibility index (Phi) is 5.10. The van der Waals surface area contributed by atoms with Crippen LogP contribution >= 0.6 is 11.8 Å². The van der Waals surface area contributed by atoms with Gasteiger partial charge in [-0.1, -0.05) is 36.0 Å². The highest BCUT2D eigenvalue weighted by molar-refractivity contribution is 7.99. The van der Waals surface area contributed by atoms with Gasteiger partial charge in [-0.25, -0.2) is 15.0 Å². The fourth-order valence-corrected chi connectivity index (χ4v) is 5.94. The van der Waals surface area contributed by atoms with Gasteiger partial charge in [-0.2, -0.15) is 0 Å². The SMILES string of the molecule is Cc1nc(Sc2ccnc(N)c2C)cnc1N1CCC2(CC1)Cc1ccccc1[C@H]2N. The second kappa shape index (κ2) is 7.80. The summed E-state index contributed by atoms with van der Waals surface area (Å²) in [5, 5.41) is 0.872. The minimum absolute atomic E-state index is 0.132. The van der Waals surface area contributed by atoms with E-state index < -0.39 is 0 Å². The minimum Gasteiger partial charge on any atom is -0.383 e. The van der Waals surface area contributed by atoms with Gasteiger partial charge in [-0.3, -0.25) is 0 Å². The summed E-state index contributed by atoms with van der Waals surface area (Å²) in [6.45, 7) is 5.95. The van der Waals surface area contributed by atoms with Crippen LogP contribution in [0.4, 0.5) is 11.6 Å². The number of nitrogen functional groups attached to an aromatic ring is 1. The van der Waals surface area contributed by atoms with Gasteiger partial charge in [0, 0.05) is 35.8 Å². The molecule has 1 aliphatic heterocycles. The maximum atomic E-state index is 6.72. The second-order valence-electron chi connectivity index (χ2n) is 8.74. The Labute approximate surface area is 187 Å². The van der Waals surface area contributed by atoms with E-state index in [-0.39, 0.29) is 11.5 Å². The molecule has 3 aromatic rings. The smallest absolute Gasteiger partial charge is 0.150 e. The van der Waals surface area contributed by atoms with Gasteiger partial charge < -0.3 is 16.4 Å². The number of hydrogen-bond donors (Lipinski definition) is 2. The molecular formula is C24H28N6S. The number of pyridine rings is 1. The molecule has 1 aromatic carbocycles. The van der Waals surface area contributed by atoms with E-state index in [0.29, 0.717) is 5.82 Å². The molecule has 0 unspecified atom stereocenters. The summed E-state index contributed by atoms with van der Waals surface area (Å²) in [7, 11) is 0. The van der Waals surface area contributed by atoms with Gasteiger partial charge >= 0.3 is 0 Å². The van der Waals surface area contributed by atoms with Crippen LogP contribution in [0.15, 0.2) is 52.6 Å². The van der Waals surface area contributed by atoms with Crippen molar-refractivity contribution in [3.63, 3.8) is 0 Å². The average Bonchev–Trinajstić information content (AvgIpc) is 3.04. The van der Waals surface area contributed by atoms with Crippen molar-refractivity contribution in [2.75, 3.05) is 23.7 Å². The van der Waals surface area contributed by atoms with Crippen molar-refractivity contribution in [3.8, 4) is 0 Å². The highest BCUT2D eigenvalue weighted by atomic mass is 32.2. The summed E-state index contributed by atoms with van der Waals surface area (Å²) in [6.07, 6.45) is 6.85. The Morgan fingerprint density at radius 3 is 2.61 bits per heavy atom. The number of fused-ring (bicyclic) bond motifs is 1. The number of piperidine rings is 1. The Morgan fingerprint density at radius 1 is 1.10 bits per heavy atom. The number of aromatic nitrogens is 3. The van der Waals surface area contributed by atoms with Crippen LogP contribution in [0.3, 0.4) is 0 Å². The predicted octanol–water partition coefficient (Wildman–Crippen LogP) is 4.06. The summed E-state index contributed by atoms with van der Waals surface area (Å²) in [6, 6.07) is 10.8. The fraction of sp³-hybridized carbons (Fsp3) is 0.375. The number of nitrogens with zero attached hydrogens (tertiary/aromatic N) is 4. The molecule has 31 heavy (non-hydrogen) atoms. The van der Waals surface area contributed by atoms with Gasteiger partial charge in [0.25, 0.3) is 0 Å². The van der Waals surface area contributed by atoms with E-state index in [0.717, 1.165) is 59.3 Å². The van der Waals surface area contributed by atoms with Crippen molar-refractivity contribution in [1.82, 2.24) is 15.0 Å². The van der Waals surface area contributed by atoms with Crippen LogP contribution in [0.1, 0.15) is 41.3 Å². The molecule has 0 radical (unpaired) electrons. The molecule has 2 aromatic heterocycles. The molecule has 0 amide bonds. The lowest BCUT2D eigenvalue weighted by Gasteiger charge is -2.42. The lowest BCUT2D eigenvalue weighted by Crippen LogP contribution is -2.44. The molecule has 1 aliphatic carbocycles. The van der Waals surface area contributed by atoms with Crippen molar-refractivity contribution < 1.29 is 0 Å². The molecule has 0 bridgehead atoms. The highest BCUT2D eigenvalue weighted by Crippen LogP contribution is 2.51. The van der Waals surface area contributed by atoms with Gasteiger partial charge in [-0.05, 0) is 55.7 Å². The van der Waals surface area contributed by atoms with Gasteiger partial charge in [0.2, 0.25) is 0 Å². The van der Waals surface area contributed by atoms with Crippen LogP contribution in [0.5, 0.6) is 0 Å². The Morgan fingerprint density at radius 2 is 1.87 bits per heavy atom. The Balaban J connectivity index is 1.30. The molecular weight excluding hydrogens is 404 g/mol. The van der Waals surface area contributed by atoms with Crippen molar-refractivity contribution in [3.05, 3.63) is 65.1 Å². The lowest BCUT2D eigenvalue weighted by atomic mass is 9.73. The summed E-state index contributed by atoms with van der Waals surface area (Å²) < 4.78 is 0. The van der Waals surface area contributed by atoms with E-state index in [2.05, 4.69) is 34.1 Å². The van der Waals surface area contributed by atoms with E-state index in [1.807, 2.05) is 26.1 Å². The highest BCUT2D eigenvalue weighted by Gasteiger charge is 2.46. The first-order valence-electron chi connectivity index (χ1n) is 10.8. The molecule has 3 heterocycles. The van der Waals surface area contributed by atoms with E-state index in [4.69, 9.17) is 21.4 Å². The van der Waals surface area contributed by atoms with Crippen molar-refractivity contribution >= 4 is 23.4 Å². The minimum atomic E-state index is 0.132. The largest absolute Gasteiger partial charge is 0.383 e. The number of hydrogen-bond acceptors (Lipinski definition) is 7. The Bertz CT molecular complexity index is 1120. The first kappa shape index (κ1) is 20.3. The summed E-state index contributed by atoms with van der Waals surface area (Å²) >= 11 is 1.58. The third-order valence-electron chi connectivity index (χ3n) is 6.96. The third kappa shape index (κ3) is 3.55. The summed E-state index contributed by atoms with van der Waals surface area (Å²) in [5.41, 5.74) is 17.5. The van der Waals surface area contributed by atoms with Crippen LogP contribution in [-0.2, 0) is 6.42 Å². The predicted molar refractivity (Wildman–Crippen MR) is 125 cm³/mol. The van der Waals surface area contributed by atoms with Gasteiger partial charge in [-0.15, -0.1) is 0 Å². The van der Waals surface area contributed by atoms with Crippen LogP contribution in [0.2, 0.25) is 0 Å². The molecule has 6 nitrogen and oxygen atoms in total. The number of rotatable bonds is 3. The molecule has 2 aliphatic rings. The van der Waals surface area contributed by atoms with Gasteiger partial charge in [0.05, 0.1) is 11.9 Å². The maximum absolute atomic E-state index is 6.72. The Hall–Kier alpha value is -2.64. The molecule has 160 valence electrons. The number of aryl methyl sites for hydroxylation is 1. The van der Waals surface area contributed by atoms with Crippen molar-refractivity contribution in [2.24, 2.45) is 11.1 Å². The van der Waals surface area contributed by atoms with E-state index in [9.17, 15) is 0 Å².